The van der Waals surface area contributed by atoms with Crippen LogP contribution in [0.4, 0.5) is 0 Å². The molecule has 0 radical (unpaired) electrons. The van der Waals surface area contributed by atoms with Gasteiger partial charge in [-0.25, -0.2) is 0 Å². The van der Waals surface area contributed by atoms with E-state index in [2.05, 4.69) is 37.5 Å². The predicted octanol–water partition coefficient (Wildman–Crippen LogP) is 2.24. The molecule has 0 saturated carbocycles. The Labute approximate surface area is 105 Å². The maximum absolute atomic E-state index is 12.3. The number of nitrogens with one attached hydrogen (secondary N) is 2. The number of amides is 1. The van der Waals surface area contributed by atoms with Crippen molar-refractivity contribution >= 4 is 5.91 Å². The normalized spacial score (nSPS) is 18.5. The molecule has 0 aliphatic carbocycles. The summed E-state index contributed by atoms with van der Waals surface area (Å²) in [7, 11) is 0. The summed E-state index contributed by atoms with van der Waals surface area (Å²) in [6, 6.07) is 0. The highest BCUT2D eigenvalue weighted by Gasteiger charge is 2.37. The molecule has 98 valence electrons. The average molecular weight is 238 g/mol. The highest BCUT2D eigenvalue weighted by molar-refractivity contribution is 5.82. The summed E-state index contributed by atoms with van der Waals surface area (Å²) in [6.45, 7) is 8.87. The summed E-state index contributed by atoms with van der Waals surface area (Å²) in [5.74, 6) is 0.248. The second kappa shape index (κ2) is 6.80. The molecule has 0 bridgehead atoms. The Hall–Kier alpha value is -0.830. The van der Waals surface area contributed by atoms with Crippen molar-refractivity contribution in [2.24, 2.45) is 5.41 Å². The summed E-state index contributed by atoms with van der Waals surface area (Å²) in [6.07, 6.45) is 6.10. The van der Waals surface area contributed by atoms with Crippen molar-refractivity contribution < 1.29 is 4.79 Å². The molecule has 0 aromatic heterocycles. The molecule has 0 atom stereocenters. The van der Waals surface area contributed by atoms with Crippen molar-refractivity contribution in [3.05, 3.63) is 11.6 Å². The van der Waals surface area contributed by atoms with Gasteiger partial charge in [0.15, 0.2) is 0 Å². The molecule has 1 fully saturated rings. The number of hydrogen-bond donors (Lipinski definition) is 2. The SMILES string of the molecule is CCCC1(C(=O)NCC=C(C)C)CCNCC1. The first kappa shape index (κ1) is 14.2. The van der Waals surface area contributed by atoms with Gasteiger partial charge in [-0.1, -0.05) is 25.0 Å². The predicted molar refractivity (Wildman–Crippen MR) is 71.9 cm³/mol. The van der Waals surface area contributed by atoms with E-state index in [4.69, 9.17) is 0 Å². The Kier molecular flexibility index (Phi) is 5.69. The quantitative estimate of drug-likeness (QED) is 0.721. The number of hydrogen-bond acceptors (Lipinski definition) is 2. The summed E-state index contributed by atoms with van der Waals surface area (Å²) in [5.41, 5.74) is 1.13. The maximum Gasteiger partial charge on any atom is 0.226 e. The zero-order chi connectivity index (χ0) is 12.7. The molecule has 0 aromatic rings. The lowest BCUT2D eigenvalue weighted by molar-refractivity contribution is -0.132. The molecule has 1 heterocycles. The van der Waals surface area contributed by atoms with E-state index in [1.807, 2.05) is 0 Å². The number of carbonyl (C=O) groups is 1. The van der Waals surface area contributed by atoms with Crippen LogP contribution < -0.4 is 10.6 Å². The van der Waals surface area contributed by atoms with Gasteiger partial charge in [0.05, 0.1) is 5.41 Å². The minimum absolute atomic E-state index is 0.116. The van der Waals surface area contributed by atoms with Gasteiger partial charge in [-0.3, -0.25) is 4.79 Å². The fourth-order valence-corrected chi connectivity index (χ4v) is 2.51. The number of carbonyl (C=O) groups excluding carboxylic acids is 1. The summed E-state index contributed by atoms with van der Waals surface area (Å²) >= 11 is 0. The molecular formula is C14H26N2O. The highest BCUT2D eigenvalue weighted by atomic mass is 16.2. The van der Waals surface area contributed by atoms with Crippen molar-refractivity contribution in [2.45, 2.75) is 46.5 Å². The van der Waals surface area contributed by atoms with Crippen LogP contribution in [0.3, 0.4) is 0 Å². The van der Waals surface area contributed by atoms with Gasteiger partial charge in [0.2, 0.25) is 5.91 Å². The Balaban J connectivity index is 2.57. The molecule has 1 aliphatic rings. The first-order valence-electron chi connectivity index (χ1n) is 6.73. The second-order valence-corrected chi connectivity index (χ2v) is 5.27. The smallest absolute Gasteiger partial charge is 0.226 e. The molecule has 0 aromatic carbocycles. The van der Waals surface area contributed by atoms with E-state index in [1.165, 1.54) is 5.57 Å². The van der Waals surface area contributed by atoms with Gasteiger partial charge in [0, 0.05) is 6.54 Å². The standard InChI is InChI=1S/C14H26N2O/c1-4-6-14(7-10-15-11-8-14)13(17)16-9-5-12(2)3/h5,15H,4,6-11H2,1-3H3,(H,16,17). The van der Waals surface area contributed by atoms with E-state index in [-0.39, 0.29) is 11.3 Å². The number of rotatable bonds is 5. The molecule has 1 saturated heterocycles. The zero-order valence-corrected chi connectivity index (χ0v) is 11.4. The molecule has 17 heavy (non-hydrogen) atoms. The van der Waals surface area contributed by atoms with Crippen LogP contribution in [-0.2, 0) is 4.79 Å². The highest BCUT2D eigenvalue weighted by Crippen LogP contribution is 2.34. The van der Waals surface area contributed by atoms with E-state index in [0.29, 0.717) is 6.54 Å². The van der Waals surface area contributed by atoms with Crippen LogP contribution in [0, 0.1) is 5.41 Å². The van der Waals surface area contributed by atoms with Gasteiger partial charge < -0.3 is 10.6 Å². The zero-order valence-electron chi connectivity index (χ0n) is 11.4. The summed E-state index contributed by atoms with van der Waals surface area (Å²) in [4.78, 5) is 12.3. The molecule has 1 amide bonds. The Morgan fingerprint density at radius 3 is 2.53 bits per heavy atom. The first-order valence-corrected chi connectivity index (χ1v) is 6.73. The van der Waals surface area contributed by atoms with E-state index in [1.54, 1.807) is 0 Å². The van der Waals surface area contributed by atoms with Crippen LogP contribution >= 0.6 is 0 Å². The van der Waals surface area contributed by atoms with Crippen LogP contribution in [0.25, 0.3) is 0 Å². The fraction of sp³-hybridized carbons (Fsp3) is 0.786. The van der Waals surface area contributed by atoms with Crippen LogP contribution in [-0.4, -0.2) is 25.5 Å². The van der Waals surface area contributed by atoms with E-state index < -0.39 is 0 Å². The molecule has 3 heteroatoms. The first-order chi connectivity index (χ1) is 8.10. The van der Waals surface area contributed by atoms with E-state index >= 15 is 0 Å². The summed E-state index contributed by atoms with van der Waals surface area (Å²) in [5, 5.41) is 6.40. The Morgan fingerprint density at radius 2 is 2.00 bits per heavy atom. The third kappa shape index (κ3) is 4.15. The lowest BCUT2D eigenvalue weighted by Crippen LogP contribution is -2.47. The monoisotopic (exact) mass is 238 g/mol. The van der Waals surface area contributed by atoms with Crippen molar-refractivity contribution in [2.75, 3.05) is 19.6 Å². The molecule has 1 aliphatic heterocycles. The minimum Gasteiger partial charge on any atom is -0.352 e. The lowest BCUT2D eigenvalue weighted by Gasteiger charge is -2.36. The lowest BCUT2D eigenvalue weighted by atomic mass is 9.74. The largest absolute Gasteiger partial charge is 0.352 e. The van der Waals surface area contributed by atoms with Crippen molar-refractivity contribution in [1.29, 1.82) is 0 Å². The van der Waals surface area contributed by atoms with Gasteiger partial charge in [-0.05, 0) is 46.2 Å². The van der Waals surface area contributed by atoms with Crippen molar-refractivity contribution in [3.8, 4) is 0 Å². The molecule has 0 unspecified atom stereocenters. The maximum atomic E-state index is 12.3. The van der Waals surface area contributed by atoms with Gasteiger partial charge in [-0.15, -0.1) is 0 Å². The molecular weight excluding hydrogens is 212 g/mol. The third-order valence-corrected chi connectivity index (χ3v) is 3.54. The third-order valence-electron chi connectivity index (χ3n) is 3.54. The van der Waals surface area contributed by atoms with Crippen molar-refractivity contribution in [3.63, 3.8) is 0 Å². The van der Waals surface area contributed by atoms with E-state index in [9.17, 15) is 4.79 Å². The van der Waals surface area contributed by atoms with Gasteiger partial charge in [0.1, 0.15) is 0 Å². The molecule has 3 nitrogen and oxygen atoms in total. The Morgan fingerprint density at radius 1 is 1.35 bits per heavy atom. The number of piperidine rings is 1. The van der Waals surface area contributed by atoms with Gasteiger partial charge in [0.25, 0.3) is 0 Å². The van der Waals surface area contributed by atoms with Gasteiger partial charge >= 0.3 is 0 Å². The van der Waals surface area contributed by atoms with Crippen LogP contribution in [0.15, 0.2) is 11.6 Å². The fourth-order valence-electron chi connectivity index (χ4n) is 2.51. The number of allylic oxidation sites excluding steroid dienone is 1. The average Bonchev–Trinajstić information content (AvgIpc) is 2.30. The minimum atomic E-state index is -0.116. The van der Waals surface area contributed by atoms with Crippen molar-refractivity contribution in [1.82, 2.24) is 10.6 Å². The topological polar surface area (TPSA) is 41.1 Å². The van der Waals surface area contributed by atoms with Crippen LogP contribution in [0.2, 0.25) is 0 Å². The van der Waals surface area contributed by atoms with Crippen LogP contribution in [0.1, 0.15) is 46.5 Å². The molecule has 0 spiro atoms. The van der Waals surface area contributed by atoms with Gasteiger partial charge in [-0.2, -0.15) is 0 Å². The van der Waals surface area contributed by atoms with E-state index in [0.717, 1.165) is 38.8 Å². The summed E-state index contributed by atoms with van der Waals surface area (Å²) < 4.78 is 0. The molecule has 1 rings (SSSR count). The molecule has 2 N–H and O–H groups in total. The Bertz CT molecular complexity index is 268. The van der Waals surface area contributed by atoms with Crippen LogP contribution in [0.5, 0.6) is 0 Å². The second-order valence-electron chi connectivity index (χ2n) is 5.27.